The van der Waals surface area contributed by atoms with E-state index in [0.717, 1.165) is 25.4 Å². The van der Waals surface area contributed by atoms with Crippen LogP contribution in [0.2, 0.25) is 0 Å². The molecule has 1 aromatic heterocycles. The largest absolute Gasteiger partial charge is 0.462 e. The number of anilines is 2. The molecule has 0 spiro atoms. The van der Waals surface area contributed by atoms with Crippen molar-refractivity contribution in [2.75, 3.05) is 30.3 Å². The smallest absolute Gasteiger partial charge is 0.341 e. The van der Waals surface area contributed by atoms with Crippen LogP contribution in [0.3, 0.4) is 0 Å². The van der Waals surface area contributed by atoms with E-state index in [4.69, 9.17) is 10.5 Å². The number of carbonyl (C=O) groups is 1. The van der Waals surface area contributed by atoms with Gasteiger partial charge in [0, 0.05) is 13.1 Å². The molecule has 1 saturated carbocycles. The van der Waals surface area contributed by atoms with Gasteiger partial charge in [0.2, 0.25) is 0 Å². The molecule has 1 aromatic rings. The van der Waals surface area contributed by atoms with Gasteiger partial charge in [-0.05, 0) is 38.2 Å². The molecule has 20 heavy (non-hydrogen) atoms. The van der Waals surface area contributed by atoms with Crippen molar-refractivity contribution in [2.45, 2.75) is 33.1 Å². The standard InChI is InChI=1S/C15H23N3O2/c1-3-7-18(10-11-5-6-11)14-13(15(19)20-4-2)8-12(16)9-17-14/h8-9,11H,3-7,10,16H2,1-2H3. The topological polar surface area (TPSA) is 68.5 Å². The van der Waals surface area contributed by atoms with Crippen LogP contribution in [0.4, 0.5) is 11.5 Å². The van der Waals surface area contributed by atoms with Crippen molar-refractivity contribution < 1.29 is 9.53 Å². The molecule has 0 radical (unpaired) electrons. The third kappa shape index (κ3) is 3.62. The molecular weight excluding hydrogens is 254 g/mol. The van der Waals surface area contributed by atoms with Crippen LogP contribution in [0, 0.1) is 5.92 Å². The highest BCUT2D eigenvalue weighted by Crippen LogP contribution is 2.32. The lowest BCUT2D eigenvalue weighted by atomic mass is 10.2. The number of rotatable bonds is 7. The Balaban J connectivity index is 2.28. The molecule has 2 N–H and O–H groups in total. The molecule has 1 aliphatic rings. The summed E-state index contributed by atoms with van der Waals surface area (Å²) in [5.74, 6) is 1.08. The molecule has 1 aliphatic carbocycles. The molecule has 0 unspecified atom stereocenters. The van der Waals surface area contributed by atoms with Gasteiger partial charge in [0.1, 0.15) is 11.4 Å². The van der Waals surface area contributed by atoms with E-state index in [9.17, 15) is 4.79 Å². The molecular formula is C15H23N3O2. The monoisotopic (exact) mass is 277 g/mol. The van der Waals surface area contributed by atoms with Crippen LogP contribution in [0.1, 0.15) is 43.5 Å². The molecule has 110 valence electrons. The predicted octanol–water partition coefficient (Wildman–Crippen LogP) is 2.47. The highest BCUT2D eigenvalue weighted by atomic mass is 16.5. The lowest BCUT2D eigenvalue weighted by Gasteiger charge is -2.25. The van der Waals surface area contributed by atoms with Crippen LogP contribution in [-0.2, 0) is 4.74 Å². The number of nitrogens with two attached hydrogens (primary N) is 1. The summed E-state index contributed by atoms with van der Waals surface area (Å²) in [7, 11) is 0. The molecule has 0 amide bonds. The van der Waals surface area contributed by atoms with E-state index in [1.807, 2.05) is 0 Å². The van der Waals surface area contributed by atoms with E-state index in [1.165, 1.54) is 12.8 Å². The van der Waals surface area contributed by atoms with Gasteiger partial charge in [0.15, 0.2) is 0 Å². The van der Waals surface area contributed by atoms with Gasteiger partial charge in [-0.15, -0.1) is 0 Å². The van der Waals surface area contributed by atoms with Gasteiger partial charge in [-0.25, -0.2) is 9.78 Å². The zero-order valence-corrected chi connectivity index (χ0v) is 12.3. The quantitative estimate of drug-likeness (QED) is 0.775. The Morgan fingerprint density at radius 1 is 1.50 bits per heavy atom. The Labute approximate surface area is 120 Å². The van der Waals surface area contributed by atoms with Crippen LogP contribution in [-0.4, -0.2) is 30.6 Å². The van der Waals surface area contributed by atoms with Gasteiger partial charge in [-0.2, -0.15) is 0 Å². The first-order valence-corrected chi connectivity index (χ1v) is 7.33. The molecule has 0 bridgehead atoms. The van der Waals surface area contributed by atoms with E-state index in [1.54, 1.807) is 19.2 Å². The zero-order valence-electron chi connectivity index (χ0n) is 12.3. The number of nitrogen functional groups attached to an aromatic ring is 1. The summed E-state index contributed by atoms with van der Waals surface area (Å²) in [6, 6.07) is 1.66. The van der Waals surface area contributed by atoms with Crippen LogP contribution >= 0.6 is 0 Å². The fraction of sp³-hybridized carbons (Fsp3) is 0.600. The lowest BCUT2D eigenvalue weighted by Crippen LogP contribution is -2.29. The summed E-state index contributed by atoms with van der Waals surface area (Å²) in [5, 5.41) is 0. The van der Waals surface area contributed by atoms with Crippen LogP contribution in [0.5, 0.6) is 0 Å². The van der Waals surface area contributed by atoms with Crippen LogP contribution in [0.15, 0.2) is 12.3 Å². The summed E-state index contributed by atoms with van der Waals surface area (Å²) in [4.78, 5) is 18.6. The van der Waals surface area contributed by atoms with Crippen LogP contribution < -0.4 is 10.6 Å². The maximum Gasteiger partial charge on any atom is 0.341 e. The number of aromatic nitrogens is 1. The summed E-state index contributed by atoms with van der Waals surface area (Å²) < 4.78 is 5.11. The van der Waals surface area contributed by atoms with E-state index in [0.29, 0.717) is 23.7 Å². The third-order valence-electron chi connectivity index (χ3n) is 3.35. The van der Waals surface area contributed by atoms with Gasteiger partial charge in [0.25, 0.3) is 0 Å². The minimum absolute atomic E-state index is 0.348. The minimum atomic E-state index is -0.348. The van der Waals surface area contributed by atoms with Gasteiger partial charge in [0.05, 0.1) is 18.5 Å². The van der Waals surface area contributed by atoms with Crippen LogP contribution in [0.25, 0.3) is 0 Å². The van der Waals surface area contributed by atoms with Crippen molar-refractivity contribution in [1.82, 2.24) is 4.98 Å². The first-order chi connectivity index (χ1) is 9.65. The molecule has 0 aliphatic heterocycles. The maximum absolute atomic E-state index is 12.1. The van der Waals surface area contributed by atoms with Crippen molar-refractivity contribution in [3.8, 4) is 0 Å². The molecule has 5 nitrogen and oxygen atoms in total. The van der Waals surface area contributed by atoms with Crippen molar-refractivity contribution in [2.24, 2.45) is 5.92 Å². The second kappa shape index (κ2) is 6.59. The third-order valence-corrected chi connectivity index (χ3v) is 3.35. The predicted molar refractivity (Wildman–Crippen MR) is 79.8 cm³/mol. The van der Waals surface area contributed by atoms with E-state index < -0.39 is 0 Å². The Hall–Kier alpha value is -1.78. The average Bonchev–Trinajstić information content (AvgIpc) is 3.22. The number of pyridine rings is 1. The second-order valence-electron chi connectivity index (χ2n) is 5.25. The summed E-state index contributed by atoms with van der Waals surface area (Å²) in [6.45, 7) is 6.12. The number of carbonyl (C=O) groups excluding carboxylic acids is 1. The number of hydrogen-bond acceptors (Lipinski definition) is 5. The molecule has 0 atom stereocenters. The van der Waals surface area contributed by atoms with E-state index >= 15 is 0 Å². The SMILES string of the molecule is CCCN(CC1CC1)c1ncc(N)cc1C(=O)OCC. The summed E-state index contributed by atoms with van der Waals surface area (Å²) in [5.41, 5.74) is 6.72. The Morgan fingerprint density at radius 3 is 2.85 bits per heavy atom. The molecule has 0 saturated heterocycles. The summed E-state index contributed by atoms with van der Waals surface area (Å²) in [6.07, 6.45) is 5.16. The first-order valence-electron chi connectivity index (χ1n) is 7.33. The van der Waals surface area contributed by atoms with Gasteiger partial charge < -0.3 is 15.4 Å². The Kier molecular flexibility index (Phi) is 4.82. The summed E-state index contributed by atoms with van der Waals surface area (Å²) >= 11 is 0. The molecule has 0 aromatic carbocycles. The number of nitrogens with zero attached hydrogens (tertiary/aromatic N) is 2. The Bertz CT molecular complexity index is 472. The molecule has 1 heterocycles. The number of esters is 1. The number of hydrogen-bond donors (Lipinski definition) is 1. The highest BCUT2D eigenvalue weighted by molar-refractivity contribution is 5.95. The minimum Gasteiger partial charge on any atom is -0.462 e. The first kappa shape index (κ1) is 14.6. The second-order valence-corrected chi connectivity index (χ2v) is 5.25. The molecule has 1 fully saturated rings. The van der Waals surface area contributed by atoms with Gasteiger partial charge in [-0.1, -0.05) is 6.92 Å². The fourth-order valence-corrected chi connectivity index (χ4v) is 2.25. The van der Waals surface area contributed by atoms with E-state index in [2.05, 4.69) is 16.8 Å². The molecule has 5 heteroatoms. The normalized spacial score (nSPS) is 14.1. The zero-order chi connectivity index (χ0) is 14.5. The fourth-order valence-electron chi connectivity index (χ4n) is 2.25. The lowest BCUT2D eigenvalue weighted by molar-refractivity contribution is 0.0526. The maximum atomic E-state index is 12.1. The average molecular weight is 277 g/mol. The van der Waals surface area contributed by atoms with Crippen molar-refractivity contribution in [3.63, 3.8) is 0 Å². The van der Waals surface area contributed by atoms with Crippen molar-refractivity contribution >= 4 is 17.5 Å². The van der Waals surface area contributed by atoms with Gasteiger partial charge >= 0.3 is 5.97 Å². The van der Waals surface area contributed by atoms with E-state index in [-0.39, 0.29) is 5.97 Å². The highest BCUT2D eigenvalue weighted by Gasteiger charge is 2.27. The van der Waals surface area contributed by atoms with Gasteiger partial charge in [-0.3, -0.25) is 0 Å². The van der Waals surface area contributed by atoms with Crippen molar-refractivity contribution in [1.29, 1.82) is 0 Å². The number of ether oxygens (including phenoxy) is 1. The Morgan fingerprint density at radius 2 is 2.25 bits per heavy atom. The molecule has 2 rings (SSSR count). The van der Waals surface area contributed by atoms with Crippen molar-refractivity contribution in [3.05, 3.63) is 17.8 Å².